The number of H-pyrrole nitrogens is 1. The molecule has 3 rings (SSSR count). The molecule has 1 N–H and O–H groups in total. The van der Waals surface area contributed by atoms with Crippen molar-refractivity contribution in [2.45, 2.75) is 39.0 Å². The highest BCUT2D eigenvalue weighted by Crippen LogP contribution is 2.67. The van der Waals surface area contributed by atoms with E-state index in [0.29, 0.717) is 17.8 Å². The fourth-order valence-electron chi connectivity index (χ4n) is 3.81. The van der Waals surface area contributed by atoms with Crippen LogP contribution >= 0.6 is 0 Å². The summed E-state index contributed by atoms with van der Waals surface area (Å²) in [6.07, 6.45) is 2.24. The number of nitrogens with one attached hydrogen (secondary N) is 1. The van der Waals surface area contributed by atoms with E-state index < -0.39 is 0 Å². The molecule has 1 saturated heterocycles. The number of aromatic amines is 1. The van der Waals surface area contributed by atoms with Gasteiger partial charge in [0.1, 0.15) is 6.23 Å². The molecule has 0 spiro atoms. The molecule has 98 valence electrons. The SMILES string of the molecule is CCC12OC(n3ccc(=O)[nH]c3=O)C(C)C1C2C. The number of hydrogen-bond acceptors (Lipinski definition) is 3. The lowest BCUT2D eigenvalue weighted by Crippen LogP contribution is -2.35. The van der Waals surface area contributed by atoms with E-state index >= 15 is 0 Å². The van der Waals surface area contributed by atoms with E-state index in [4.69, 9.17) is 4.74 Å². The second kappa shape index (κ2) is 3.57. The van der Waals surface area contributed by atoms with Crippen LogP contribution in [0.15, 0.2) is 21.9 Å². The van der Waals surface area contributed by atoms with E-state index in [9.17, 15) is 9.59 Å². The normalized spacial score (nSPS) is 41.7. The van der Waals surface area contributed by atoms with Gasteiger partial charge in [0.25, 0.3) is 5.56 Å². The zero-order valence-electron chi connectivity index (χ0n) is 10.8. The Balaban J connectivity index is 1.96. The van der Waals surface area contributed by atoms with E-state index in [0.717, 1.165) is 6.42 Å². The van der Waals surface area contributed by atoms with Gasteiger partial charge in [0.05, 0.1) is 5.60 Å². The molecule has 0 amide bonds. The highest BCUT2D eigenvalue weighted by Gasteiger charge is 2.71. The Morgan fingerprint density at radius 1 is 1.44 bits per heavy atom. The molecule has 0 aromatic carbocycles. The first-order chi connectivity index (χ1) is 8.51. The van der Waals surface area contributed by atoms with Crippen LogP contribution in [0.4, 0.5) is 0 Å². The maximum atomic E-state index is 11.8. The third kappa shape index (κ3) is 1.31. The molecule has 2 fully saturated rings. The smallest absolute Gasteiger partial charge is 0.330 e. The molecule has 2 heterocycles. The Bertz CT molecular complexity index is 590. The van der Waals surface area contributed by atoms with Gasteiger partial charge in [0, 0.05) is 24.1 Å². The second-order valence-corrected chi connectivity index (χ2v) is 5.51. The lowest BCUT2D eigenvalue weighted by Gasteiger charge is -2.24. The van der Waals surface area contributed by atoms with Crippen molar-refractivity contribution in [2.24, 2.45) is 17.8 Å². The predicted molar refractivity (Wildman–Crippen MR) is 66.3 cm³/mol. The lowest BCUT2D eigenvalue weighted by atomic mass is 10.0. The molecule has 5 unspecified atom stereocenters. The number of rotatable bonds is 2. The van der Waals surface area contributed by atoms with E-state index in [1.165, 1.54) is 16.8 Å². The summed E-state index contributed by atoms with van der Waals surface area (Å²) < 4.78 is 7.65. The maximum absolute atomic E-state index is 11.8. The van der Waals surface area contributed by atoms with E-state index in [-0.39, 0.29) is 23.1 Å². The van der Waals surface area contributed by atoms with Gasteiger partial charge in [-0.25, -0.2) is 4.79 Å². The first-order valence-corrected chi connectivity index (χ1v) is 6.50. The third-order valence-electron chi connectivity index (χ3n) is 4.80. The van der Waals surface area contributed by atoms with Gasteiger partial charge in [-0.1, -0.05) is 20.8 Å². The number of fused-ring (bicyclic) bond motifs is 1. The van der Waals surface area contributed by atoms with Crippen LogP contribution in [0.25, 0.3) is 0 Å². The van der Waals surface area contributed by atoms with Gasteiger partial charge in [-0.2, -0.15) is 0 Å². The molecule has 1 aliphatic heterocycles. The molecular formula is C13H18N2O3. The van der Waals surface area contributed by atoms with E-state index in [2.05, 4.69) is 25.8 Å². The predicted octanol–water partition coefficient (Wildman–Crippen LogP) is 1.12. The third-order valence-corrected chi connectivity index (χ3v) is 4.80. The van der Waals surface area contributed by atoms with Crippen molar-refractivity contribution >= 4 is 0 Å². The minimum atomic E-state index is -0.389. The Labute approximate surface area is 105 Å². The Kier molecular flexibility index (Phi) is 2.32. The number of aromatic nitrogens is 2. The summed E-state index contributed by atoms with van der Waals surface area (Å²) in [6, 6.07) is 1.36. The second-order valence-electron chi connectivity index (χ2n) is 5.51. The van der Waals surface area contributed by atoms with Crippen molar-refractivity contribution < 1.29 is 4.74 Å². The first kappa shape index (κ1) is 11.7. The van der Waals surface area contributed by atoms with Crippen LogP contribution in [0, 0.1) is 17.8 Å². The van der Waals surface area contributed by atoms with Crippen LogP contribution in [-0.4, -0.2) is 15.2 Å². The van der Waals surface area contributed by atoms with Crippen molar-refractivity contribution in [1.29, 1.82) is 0 Å². The minimum absolute atomic E-state index is 0.0559. The Morgan fingerprint density at radius 3 is 2.72 bits per heavy atom. The van der Waals surface area contributed by atoms with Gasteiger partial charge >= 0.3 is 5.69 Å². The fourth-order valence-corrected chi connectivity index (χ4v) is 3.81. The van der Waals surface area contributed by atoms with Crippen LogP contribution < -0.4 is 11.2 Å². The molecule has 5 nitrogen and oxygen atoms in total. The summed E-state index contributed by atoms with van der Waals surface area (Å²) >= 11 is 0. The van der Waals surface area contributed by atoms with Crippen LogP contribution in [0.5, 0.6) is 0 Å². The average Bonchev–Trinajstić information content (AvgIpc) is 2.77. The van der Waals surface area contributed by atoms with Crippen molar-refractivity contribution in [2.75, 3.05) is 0 Å². The number of hydrogen-bond donors (Lipinski definition) is 1. The largest absolute Gasteiger partial charge is 0.351 e. The van der Waals surface area contributed by atoms with Gasteiger partial charge in [0.15, 0.2) is 0 Å². The summed E-state index contributed by atoms with van der Waals surface area (Å²) in [5.41, 5.74) is -0.815. The zero-order valence-corrected chi connectivity index (χ0v) is 10.8. The molecule has 1 aromatic heterocycles. The molecule has 0 bridgehead atoms. The number of ether oxygens (including phenoxy) is 1. The van der Waals surface area contributed by atoms with Gasteiger partial charge in [-0.05, 0) is 12.3 Å². The van der Waals surface area contributed by atoms with E-state index in [1.54, 1.807) is 0 Å². The molecule has 5 atom stereocenters. The van der Waals surface area contributed by atoms with E-state index in [1.807, 2.05) is 0 Å². The maximum Gasteiger partial charge on any atom is 0.330 e. The monoisotopic (exact) mass is 250 g/mol. The summed E-state index contributed by atoms with van der Waals surface area (Å²) in [7, 11) is 0. The van der Waals surface area contributed by atoms with Crippen LogP contribution in [0.2, 0.25) is 0 Å². The van der Waals surface area contributed by atoms with Crippen LogP contribution in [0.3, 0.4) is 0 Å². The summed E-state index contributed by atoms with van der Waals surface area (Å²) in [4.78, 5) is 25.1. The summed E-state index contributed by atoms with van der Waals surface area (Å²) in [6.45, 7) is 6.45. The van der Waals surface area contributed by atoms with Crippen molar-refractivity contribution in [3.05, 3.63) is 33.1 Å². The van der Waals surface area contributed by atoms with Crippen LogP contribution in [0.1, 0.15) is 33.4 Å². The molecule has 1 aliphatic carbocycles. The Morgan fingerprint density at radius 2 is 2.17 bits per heavy atom. The Hall–Kier alpha value is -1.36. The molecule has 18 heavy (non-hydrogen) atoms. The topological polar surface area (TPSA) is 64.1 Å². The van der Waals surface area contributed by atoms with Crippen molar-refractivity contribution in [3.63, 3.8) is 0 Å². The van der Waals surface area contributed by atoms with Gasteiger partial charge in [-0.3, -0.25) is 14.3 Å². The van der Waals surface area contributed by atoms with Gasteiger partial charge < -0.3 is 4.74 Å². The molecule has 1 saturated carbocycles. The van der Waals surface area contributed by atoms with Crippen molar-refractivity contribution in [3.8, 4) is 0 Å². The molecular weight excluding hydrogens is 232 g/mol. The first-order valence-electron chi connectivity index (χ1n) is 6.50. The number of nitrogens with zero attached hydrogens (tertiary/aromatic N) is 1. The van der Waals surface area contributed by atoms with Crippen LogP contribution in [-0.2, 0) is 4.74 Å². The summed E-state index contributed by atoms with van der Waals surface area (Å²) in [5.74, 6) is 1.38. The lowest BCUT2D eigenvalue weighted by molar-refractivity contribution is -0.0659. The standard InChI is InChI=1S/C13H18N2O3/c1-4-13-8(3)10(13)7(2)11(18-13)15-6-5-9(16)14-12(15)17/h5-8,10-11H,4H2,1-3H3,(H,14,16,17). The fraction of sp³-hybridized carbons (Fsp3) is 0.692. The molecule has 2 aliphatic rings. The highest BCUT2D eigenvalue weighted by molar-refractivity contribution is 5.17. The molecule has 5 heteroatoms. The molecule has 0 radical (unpaired) electrons. The van der Waals surface area contributed by atoms with Crippen molar-refractivity contribution in [1.82, 2.24) is 9.55 Å². The quantitative estimate of drug-likeness (QED) is 0.855. The minimum Gasteiger partial charge on any atom is -0.351 e. The van der Waals surface area contributed by atoms with Gasteiger partial charge in [0.2, 0.25) is 0 Å². The van der Waals surface area contributed by atoms with Gasteiger partial charge in [-0.15, -0.1) is 0 Å². The summed E-state index contributed by atoms with van der Waals surface area (Å²) in [5, 5.41) is 0. The highest BCUT2D eigenvalue weighted by atomic mass is 16.5. The zero-order chi connectivity index (χ0) is 13.1. The average molecular weight is 250 g/mol. The molecule has 1 aromatic rings.